The summed E-state index contributed by atoms with van der Waals surface area (Å²) in [7, 11) is 0. The van der Waals surface area contributed by atoms with Crippen molar-refractivity contribution < 1.29 is 14.3 Å². The first kappa shape index (κ1) is 14.4. The van der Waals surface area contributed by atoms with Gasteiger partial charge in [0.2, 0.25) is 12.7 Å². The third-order valence-electron chi connectivity index (χ3n) is 3.82. The molecule has 0 spiro atoms. The molecule has 1 aromatic carbocycles. The number of hydrogen-bond donors (Lipinski definition) is 1. The van der Waals surface area contributed by atoms with Crippen molar-refractivity contribution in [2.24, 2.45) is 0 Å². The number of amides is 1. The highest BCUT2D eigenvalue weighted by atomic mass is 16.7. The van der Waals surface area contributed by atoms with E-state index in [0.29, 0.717) is 11.5 Å². The Labute approximate surface area is 129 Å². The molecule has 0 saturated carbocycles. The van der Waals surface area contributed by atoms with Crippen molar-refractivity contribution >= 4 is 11.6 Å². The minimum atomic E-state index is -0.696. The summed E-state index contributed by atoms with van der Waals surface area (Å²) in [6.45, 7) is 5.88. The van der Waals surface area contributed by atoms with E-state index < -0.39 is 5.41 Å². The molecular formula is C17H18N2O3. The van der Waals surface area contributed by atoms with E-state index in [4.69, 9.17) is 9.47 Å². The number of carbonyl (C=O) groups excluding carboxylic acids is 1. The van der Waals surface area contributed by atoms with E-state index in [1.807, 2.05) is 45.0 Å². The maximum Gasteiger partial charge on any atom is 0.234 e. The van der Waals surface area contributed by atoms with Crippen molar-refractivity contribution in [3.63, 3.8) is 0 Å². The number of aromatic nitrogens is 1. The van der Waals surface area contributed by atoms with E-state index >= 15 is 0 Å². The molecule has 1 aliphatic heterocycles. The van der Waals surface area contributed by atoms with Gasteiger partial charge in [0.1, 0.15) is 0 Å². The SMILES string of the molecule is Cc1cc(NC(=O)C(C)(C)c2ccc3c(c2)OCO3)ccn1. The van der Waals surface area contributed by atoms with Gasteiger partial charge in [-0.2, -0.15) is 0 Å². The van der Waals surface area contributed by atoms with Gasteiger partial charge in [-0.25, -0.2) is 0 Å². The Balaban J connectivity index is 1.84. The molecule has 1 N–H and O–H groups in total. The molecule has 0 saturated heterocycles. The summed E-state index contributed by atoms with van der Waals surface area (Å²) in [6.07, 6.45) is 1.68. The first-order chi connectivity index (χ1) is 10.5. The molecule has 0 fully saturated rings. The fourth-order valence-electron chi connectivity index (χ4n) is 2.33. The van der Waals surface area contributed by atoms with Crippen LogP contribution in [0.15, 0.2) is 36.5 Å². The lowest BCUT2D eigenvalue weighted by Crippen LogP contribution is -2.34. The normalized spacial score (nSPS) is 13.0. The molecule has 0 aliphatic carbocycles. The second-order valence-electron chi connectivity index (χ2n) is 5.83. The summed E-state index contributed by atoms with van der Waals surface area (Å²) in [6, 6.07) is 9.21. The van der Waals surface area contributed by atoms with Crippen LogP contribution in [0.25, 0.3) is 0 Å². The van der Waals surface area contributed by atoms with Crippen molar-refractivity contribution in [3.8, 4) is 11.5 Å². The Morgan fingerprint density at radius 1 is 1.18 bits per heavy atom. The zero-order chi connectivity index (χ0) is 15.7. The van der Waals surface area contributed by atoms with Gasteiger partial charge in [0.05, 0.1) is 5.41 Å². The number of aryl methyl sites for hydroxylation is 1. The quantitative estimate of drug-likeness (QED) is 0.946. The fourth-order valence-corrected chi connectivity index (χ4v) is 2.33. The van der Waals surface area contributed by atoms with Crippen LogP contribution in [0.2, 0.25) is 0 Å². The summed E-state index contributed by atoms with van der Waals surface area (Å²) in [5.41, 5.74) is 1.78. The number of hydrogen-bond acceptors (Lipinski definition) is 4. The highest BCUT2D eigenvalue weighted by Gasteiger charge is 2.31. The van der Waals surface area contributed by atoms with Crippen molar-refractivity contribution in [3.05, 3.63) is 47.8 Å². The number of nitrogens with one attached hydrogen (secondary N) is 1. The second kappa shape index (κ2) is 5.33. The Bertz CT molecular complexity index is 726. The van der Waals surface area contributed by atoms with Crippen LogP contribution in [0, 0.1) is 6.92 Å². The number of ether oxygens (including phenoxy) is 2. The van der Waals surface area contributed by atoms with Gasteiger partial charge in [-0.05, 0) is 50.6 Å². The van der Waals surface area contributed by atoms with E-state index in [1.165, 1.54) is 0 Å². The predicted molar refractivity (Wildman–Crippen MR) is 83.2 cm³/mol. The minimum Gasteiger partial charge on any atom is -0.454 e. The molecule has 1 aliphatic rings. The Hall–Kier alpha value is -2.56. The smallest absolute Gasteiger partial charge is 0.234 e. The summed E-state index contributed by atoms with van der Waals surface area (Å²) >= 11 is 0. The van der Waals surface area contributed by atoms with Gasteiger partial charge < -0.3 is 14.8 Å². The third kappa shape index (κ3) is 2.62. The Morgan fingerprint density at radius 2 is 1.95 bits per heavy atom. The molecule has 1 aromatic heterocycles. The monoisotopic (exact) mass is 298 g/mol. The lowest BCUT2D eigenvalue weighted by Gasteiger charge is -2.24. The van der Waals surface area contributed by atoms with E-state index in [-0.39, 0.29) is 12.7 Å². The maximum atomic E-state index is 12.6. The summed E-state index contributed by atoms with van der Waals surface area (Å²) in [4.78, 5) is 16.8. The Morgan fingerprint density at radius 3 is 2.73 bits per heavy atom. The fraction of sp³-hybridized carbons (Fsp3) is 0.294. The number of benzene rings is 1. The number of nitrogens with zero attached hydrogens (tertiary/aromatic N) is 1. The standard InChI is InChI=1S/C17H18N2O3/c1-11-8-13(6-7-18-11)19-16(20)17(2,3)12-4-5-14-15(9-12)22-10-21-14/h4-9H,10H2,1-3H3,(H,18,19,20). The van der Waals surface area contributed by atoms with E-state index in [1.54, 1.807) is 12.3 Å². The first-order valence-electron chi connectivity index (χ1n) is 7.11. The molecular weight excluding hydrogens is 280 g/mol. The van der Waals surface area contributed by atoms with Crippen LogP contribution < -0.4 is 14.8 Å². The summed E-state index contributed by atoms with van der Waals surface area (Å²) < 4.78 is 10.7. The highest BCUT2D eigenvalue weighted by molar-refractivity contribution is 5.98. The third-order valence-corrected chi connectivity index (χ3v) is 3.82. The van der Waals surface area contributed by atoms with Crippen molar-refractivity contribution in [1.29, 1.82) is 0 Å². The van der Waals surface area contributed by atoms with E-state index in [0.717, 1.165) is 16.9 Å². The van der Waals surface area contributed by atoms with Gasteiger partial charge >= 0.3 is 0 Å². The van der Waals surface area contributed by atoms with Crippen LogP contribution in [0.3, 0.4) is 0 Å². The van der Waals surface area contributed by atoms with Crippen LogP contribution in [-0.4, -0.2) is 17.7 Å². The highest BCUT2D eigenvalue weighted by Crippen LogP contribution is 2.36. The molecule has 5 heteroatoms. The molecule has 114 valence electrons. The Kier molecular flexibility index (Phi) is 3.48. The topological polar surface area (TPSA) is 60.5 Å². The molecule has 0 atom stereocenters. The molecule has 0 radical (unpaired) electrons. The van der Waals surface area contributed by atoms with Gasteiger partial charge in [0.15, 0.2) is 11.5 Å². The molecule has 3 rings (SSSR count). The average Bonchev–Trinajstić information content (AvgIpc) is 2.94. The van der Waals surface area contributed by atoms with Crippen molar-refractivity contribution in [2.75, 3.05) is 12.1 Å². The average molecular weight is 298 g/mol. The van der Waals surface area contributed by atoms with Crippen molar-refractivity contribution in [2.45, 2.75) is 26.2 Å². The summed E-state index contributed by atoms with van der Waals surface area (Å²) in [5.74, 6) is 1.31. The van der Waals surface area contributed by atoms with Gasteiger partial charge in [-0.3, -0.25) is 9.78 Å². The molecule has 2 aromatic rings. The number of pyridine rings is 1. The zero-order valence-corrected chi connectivity index (χ0v) is 12.8. The van der Waals surface area contributed by atoms with Gasteiger partial charge in [0.25, 0.3) is 0 Å². The maximum absolute atomic E-state index is 12.6. The molecule has 0 unspecified atom stereocenters. The van der Waals surface area contributed by atoms with Crippen molar-refractivity contribution in [1.82, 2.24) is 4.98 Å². The molecule has 2 heterocycles. The number of rotatable bonds is 3. The van der Waals surface area contributed by atoms with Crippen LogP contribution in [0.5, 0.6) is 11.5 Å². The van der Waals surface area contributed by atoms with E-state index in [9.17, 15) is 4.79 Å². The molecule has 1 amide bonds. The number of fused-ring (bicyclic) bond motifs is 1. The molecule has 22 heavy (non-hydrogen) atoms. The largest absolute Gasteiger partial charge is 0.454 e. The molecule has 5 nitrogen and oxygen atoms in total. The van der Waals surface area contributed by atoms with Gasteiger partial charge in [-0.1, -0.05) is 6.07 Å². The zero-order valence-electron chi connectivity index (χ0n) is 12.8. The minimum absolute atomic E-state index is 0.0861. The van der Waals surface area contributed by atoms with Crippen LogP contribution in [0.4, 0.5) is 5.69 Å². The van der Waals surface area contributed by atoms with Crippen LogP contribution >= 0.6 is 0 Å². The lowest BCUT2D eigenvalue weighted by atomic mass is 9.83. The predicted octanol–water partition coefficient (Wildman–Crippen LogP) is 3.04. The number of carbonyl (C=O) groups is 1. The van der Waals surface area contributed by atoms with Crippen LogP contribution in [0.1, 0.15) is 25.1 Å². The lowest BCUT2D eigenvalue weighted by molar-refractivity contribution is -0.120. The first-order valence-corrected chi connectivity index (χ1v) is 7.11. The molecule has 0 bridgehead atoms. The van der Waals surface area contributed by atoms with Gasteiger partial charge in [0, 0.05) is 17.6 Å². The second-order valence-corrected chi connectivity index (χ2v) is 5.83. The van der Waals surface area contributed by atoms with E-state index in [2.05, 4.69) is 10.3 Å². The van der Waals surface area contributed by atoms with Gasteiger partial charge in [-0.15, -0.1) is 0 Å². The van der Waals surface area contributed by atoms with Crippen LogP contribution in [-0.2, 0) is 10.2 Å². The summed E-state index contributed by atoms with van der Waals surface area (Å²) in [5, 5.41) is 2.94. The number of anilines is 1.